The van der Waals surface area contributed by atoms with Gasteiger partial charge in [-0.3, -0.25) is 0 Å². The smallest absolute Gasteiger partial charge is 0.324 e. The number of aromatic nitrogens is 4. The molecule has 3 aromatic heterocycles. The van der Waals surface area contributed by atoms with E-state index >= 15 is 0 Å². The van der Waals surface area contributed by atoms with E-state index < -0.39 is 15.5 Å². The average molecular weight is 554 g/mol. The molecule has 38 heavy (non-hydrogen) atoms. The van der Waals surface area contributed by atoms with Gasteiger partial charge in [0.05, 0.1) is 10.4 Å². The molecule has 0 radical (unpaired) electrons. The minimum atomic E-state index is -2.47. The first-order valence-electron chi connectivity index (χ1n) is 13.1. The van der Waals surface area contributed by atoms with Crippen molar-refractivity contribution < 1.29 is 17.7 Å². The number of pyridine rings is 1. The third-order valence-corrected chi connectivity index (χ3v) is 10.00. The van der Waals surface area contributed by atoms with E-state index in [4.69, 9.17) is 14.2 Å². The molecule has 0 N–H and O–H groups in total. The normalized spacial score (nSPS) is 18.4. The van der Waals surface area contributed by atoms with Crippen LogP contribution < -0.4 is 9.64 Å². The predicted molar refractivity (Wildman–Crippen MR) is 147 cm³/mol. The lowest BCUT2D eigenvalue weighted by molar-refractivity contribution is 0.131. The molecule has 2 fully saturated rings. The van der Waals surface area contributed by atoms with Crippen molar-refractivity contribution in [2.24, 2.45) is 5.92 Å². The summed E-state index contributed by atoms with van der Waals surface area (Å²) in [6, 6.07) is 12.2. The monoisotopic (exact) mass is 553 g/mol. The van der Waals surface area contributed by atoms with Gasteiger partial charge in [-0.25, -0.2) is 18.4 Å². The number of anilines is 1. The Balaban J connectivity index is 1.09. The van der Waals surface area contributed by atoms with Gasteiger partial charge in [-0.15, -0.1) is 0 Å². The van der Waals surface area contributed by atoms with E-state index in [-0.39, 0.29) is 12.0 Å². The minimum Gasteiger partial charge on any atom is -0.467 e. The van der Waals surface area contributed by atoms with E-state index in [9.17, 15) is 8.42 Å². The second-order valence-electron chi connectivity index (χ2n) is 10.6. The van der Waals surface area contributed by atoms with Crippen molar-refractivity contribution in [1.82, 2.24) is 20.1 Å². The second-order valence-corrected chi connectivity index (χ2v) is 12.9. The van der Waals surface area contributed by atoms with E-state index in [1.54, 1.807) is 0 Å². The Morgan fingerprint density at radius 3 is 2.39 bits per heavy atom. The summed E-state index contributed by atoms with van der Waals surface area (Å²) < 4.78 is 34.4. The molecule has 2 aliphatic rings. The molecule has 4 heterocycles. The molecule has 0 spiro atoms. The molecule has 1 saturated carbocycles. The average Bonchev–Trinajstić information content (AvgIpc) is 3.41. The van der Waals surface area contributed by atoms with Crippen LogP contribution in [0.2, 0.25) is 0 Å². The van der Waals surface area contributed by atoms with Crippen LogP contribution in [0.1, 0.15) is 63.8 Å². The number of piperidine rings is 1. The van der Waals surface area contributed by atoms with E-state index in [0.717, 1.165) is 58.9 Å². The first-order valence-corrected chi connectivity index (χ1v) is 15.1. The van der Waals surface area contributed by atoms with E-state index in [0.29, 0.717) is 30.0 Å². The lowest BCUT2D eigenvalue weighted by Gasteiger charge is -2.33. The van der Waals surface area contributed by atoms with Crippen LogP contribution in [-0.2, 0) is 15.5 Å². The number of thiazole rings is 1. The molecule has 1 saturated heterocycles. The molecule has 11 heteroatoms. The Hall–Kier alpha value is -3.05. The van der Waals surface area contributed by atoms with Crippen molar-refractivity contribution >= 4 is 38.4 Å². The summed E-state index contributed by atoms with van der Waals surface area (Å²) in [5.41, 5.74) is 3.46. The lowest BCUT2D eigenvalue weighted by Crippen LogP contribution is -2.38. The maximum atomic E-state index is 11.7. The van der Waals surface area contributed by atoms with E-state index in [1.165, 1.54) is 11.3 Å². The minimum absolute atomic E-state index is 0.0286. The summed E-state index contributed by atoms with van der Waals surface area (Å²) in [6.45, 7) is 7.93. The Labute approximate surface area is 227 Å². The highest BCUT2D eigenvalue weighted by Gasteiger charge is 2.48. The number of ether oxygens (including phenoxy) is 1. The van der Waals surface area contributed by atoms with Crippen LogP contribution in [0.25, 0.3) is 21.6 Å². The molecule has 4 aromatic rings. The van der Waals surface area contributed by atoms with Crippen LogP contribution in [0.5, 0.6) is 5.19 Å². The number of rotatable bonds is 8. The highest BCUT2D eigenvalue weighted by molar-refractivity contribution is 7.74. The molecule has 0 unspecified atom stereocenters. The fraction of sp³-hybridized carbons (Fsp3) is 0.481. The SMILES string of the molecule is CC(C)c1noc(N2CCC([C@H](C)Oc3nc4ccc(-c5ccc(C6([SH](=O)=O)CC6)cc5)nc4s3)CC2)n1. The molecule has 0 amide bonds. The lowest BCUT2D eigenvalue weighted by atomic mass is 9.92. The molecular weight excluding hydrogens is 522 g/mol. The number of thiol groups is 1. The molecule has 1 aromatic carbocycles. The summed E-state index contributed by atoms with van der Waals surface area (Å²) >= 11 is 1.45. The maximum Gasteiger partial charge on any atom is 0.324 e. The second kappa shape index (κ2) is 9.92. The first kappa shape index (κ1) is 25.2. The van der Waals surface area contributed by atoms with Gasteiger partial charge in [-0.05, 0) is 56.2 Å². The van der Waals surface area contributed by atoms with Gasteiger partial charge in [0.25, 0.3) is 5.19 Å². The van der Waals surface area contributed by atoms with Gasteiger partial charge >= 0.3 is 6.01 Å². The number of fused-ring (bicyclic) bond motifs is 1. The van der Waals surface area contributed by atoms with Crippen molar-refractivity contribution in [3.63, 3.8) is 0 Å². The molecule has 1 aliphatic heterocycles. The fourth-order valence-electron chi connectivity index (χ4n) is 5.06. The standard InChI is InChI=1S/C27H31N5O4S2/c1-16(2)23-30-25(36-31-23)32-14-10-18(11-15-32)17(3)35-26-29-22-9-8-21(28-24(22)37-26)19-4-6-20(7-5-19)27(12-13-27)38(33)34/h4-9,16-18,38H,10-15H2,1-3H3/t17-/m0/s1. The van der Waals surface area contributed by atoms with Crippen LogP contribution >= 0.6 is 11.3 Å². The van der Waals surface area contributed by atoms with E-state index in [1.807, 2.05) is 36.4 Å². The largest absolute Gasteiger partial charge is 0.467 e. The number of benzene rings is 1. The third kappa shape index (κ3) is 4.77. The van der Waals surface area contributed by atoms with Gasteiger partial charge < -0.3 is 14.2 Å². The first-order chi connectivity index (χ1) is 18.3. The molecule has 0 bridgehead atoms. The van der Waals surface area contributed by atoms with Crippen LogP contribution in [0.15, 0.2) is 40.9 Å². The summed E-state index contributed by atoms with van der Waals surface area (Å²) in [6.07, 6.45) is 3.39. The topological polar surface area (TPSA) is 111 Å². The Morgan fingerprint density at radius 2 is 1.76 bits per heavy atom. The quantitative estimate of drug-likeness (QED) is 0.296. The van der Waals surface area contributed by atoms with Crippen molar-refractivity contribution in [3.05, 3.63) is 47.8 Å². The molecule has 200 valence electrons. The number of hydrogen-bond donors (Lipinski definition) is 1. The number of hydrogen-bond acceptors (Lipinski definition) is 10. The fourth-order valence-corrected chi connectivity index (χ4v) is 6.77. The third-order valence-electron chi connectivity index (χ3n) is 7.74. The maximum absolute atomic E-state index is 11.7. The zero-order chi connectivity index (χ0) is 26.4. The van der Waals surface area contributed by atoms with Gasteiger partial charge in [0.15, 0.2) is 5.82 Å². The van der Waals surface area contributed by atoms with Crippen LogP contribution in [0.3, 0.4) is 0 Å². The highest BCUT2D eigenvalue weighted by Crippen LogP contribution is 2.49. The van der Waals surface area contributed by atoms with E-state index in [2.05, 4.69) is 40.8 Å². The summed E-state index contributed by atoms with van der Waals surface area (Å²) in [4.78, 5) is 17.0. The van der Waals surface area contributed by atoms with Crippen molar-refractivity contribution in [3.8, 4) is 16.5 Å². The van der Waals surface area contributed by atoms with Gasteiger partial charge in [-0.2, -0.15) is 4.98 Å². The predicted octanol–water partition coefficient (Wildman–Crippen LogP) is 5.15. The van der Waals surface area contributed by atoms with Gasteiger partial charge in [0.2, 0.25) is 0 Å². The molecule has 1 aliphatic carbocycles. The van der Waals surface area contributed by atoms with Crippen LogP contribution in [-0.4, -0.2) is 47.7 Å². The van der Waals surface area contributed by atoms with Crippen molar-refractivity contribution in [1.29, 1.82) is 0 Å². The summed E-state index contributed by atoms with van der Waals surface area (Å²) in [5, 5.41) is 4.71. The Morgan fingerprint density at radius 1 is 1.03 bits per heavy atom. The van der Waals surface area contributed by atoms with Crippen LogP contribution in [0.4, 0.5) is 6.01 Å². The summed E-state index contributed by atoms with van der Waals surface area (Å²) in [7, 11) is -2.47. The Bertz CT molecular complexity index is 1510. The molecule has 1 atom stereocenters. The number of nitrogens with zero attached hydrogens (tertiary/aromatic N) is 5. The summed E-state index contributed by atoms with van der Waals surface area (Å²) in [5.74, 6) is 1.40. The zero-order valence-electron chi connectivity index (χ0n) is 21.7. The zero-order valence-corrected chi connectivity index (χ0v) is 23.4. The molecule has 6 rings (SSSR count). The molecule has 9 nitrogen and oxygen atoms in total. The van der Waals surface area contributed by atoms with Crippen LogP contribution in [0, 0.1) is 5.92 Å². The highest BCUT2D eigenvalue weighted by atomic mass is 32.2. The van der Waals surface area contributed by atoms with Crippen molar-refractivity contribution in [2.75, 3.05) is 18.0 Å². The van der Waals surface area contributed by atoms with Gasteiger partial charge in [0.1, 0.15) is 27.2 Å². The Kier molecular flexibility index (Phi) is 6.59. The van der Waals surface area contributed by atoms with Gasteiger partial charge in [-0.1, -0.05) is 54.6 Å². The van der Waals surface area contributed by atoms with Gasteiger partial charge in [0, 0.05) is 24.6 Å². The van der Waals surface area contributed by atoms with Crippen molar-refractivity contribution in [2.45, 2.75) is 63.2 Å². The molecular formula is C27H31N5O4S2.